The lowest BCUT2D eigenvalue weighted by Crippen LogP contribution is -2.57. The monoisotopic (exact) mass is 389 g/mol. The number of likely N-dealkylation sites (tertiary alicyclic amines) is 1. The largest absolute Gasteiger partial charge is 0.490 e. The summed E-state index contributed by atoms with van der Waals surface area (Å²) in [6.07, 6.45) is 3.45. The van der Waals surface area contributed by atoms with Crippen molar-refractivity contribution in [2.24, 2.45) is 0 Å². The summed E-state index contributed by atoms with van der Waals surface area (Å²) < 4.78 is 6.02. The smallest absolute Gasteiger partial charge is 0.317 e. The van der Waals surface area contributed by atoms with Gasteiger partial charge >= 0.3 is 12.0 Å². The molecule has 1 aliphatic heterocycles. The predicted molar refractivity (Wildman–Crippen MR) is 107 cm³/mol. The van der Waals surface area contributed by atoms with Crippen LogP contribution in [0.5, 0.6) is 5.75 Å². The van der Waals surface area contributed by atoms with Crippen molar-refractivity contribution < 1.29 is 19.4 Å². The number of likely N-dealkylation sites (N-methyl/N-ethyl adjacent to an activating group) is 1. The first-order valence-corrected chi connectivity index (χ1v) is 10.2. The Balaban J connectivity index is 1.36. The highest BCUT2D eigenvalue weighted by Gasteiger charge is 2.35. The summed E-state index contributed by atoms with van der Waals surface area (Å²) in [5, 5.41) is 12.1. The quantitative estimate of drug-likeness (QED) is 0.749. The van der Waals surface area contributed by atoms with Gasteiger partial charge in [0.15, 0.2) is 0 Å². The van der Waals surface area contributed by atoms with Crippen molar-refractivity contribution >= 4 is 12.0 Å². The van der Waals surface area contributed by atoms with Crippen LogP contribution in [-0.4, -0.2) is 71.3 Å². The molecule has 1 heterocycles. The Kier molecular flexibility index (Phi) is 6.78. The summed E-state index contributed by atoms with van der Waals surface area (Å²) in [6, 6.07) is 8.44. The molecule has 2 amide bonds. The molecule has 154 valence electrons. The van der Waals surface area contributed by atoms with E-state index in [4.69, 9.17) is 9.84 Å². The molecule has 1 aromatic rings. The van der Waals surface area contributed by atoms with Crippen LogP contribution in [0.3, 0.4) is 0 Å². The molecule has 0 bridgehead atoms. The molecular weight excluding hydrogens is 358 g/mol. The number of benzene rings is 1. The van der Waals surface area contributed by atoms with Crippen molar-refractivity contribution in [3.63, 3.8) is 0 Å². The zero-order valence-corrected chi connectivity index (χ0v) is 16.8. The number of aryl methyl sites for hydroxylation is 1. The first-order valence-electron chi connectivity index (χ1n) is 10.2. The summed E-state index contributed by atoms with van der Waals surface area (Å²) in [5.41, 5.74) is 1.21. The number of carbonyl (C=O) groups is 2. The standard InChI is InChI=1S/C21H31N3O4/c1-3-23(14-20(25)26)17-12-16(13-17)22-21(27)24-10-8-19(9-11-24)28-18-6-4-15(2)5-7-18/h4-7,16-17,19H,3,8-14H2,1-2H3,(H,22,27)(H,25,26). The van der Waals surface area contributed by atoms with E-state index in [2.05, 4.69) is 12.2 Å². The van der Waals surface area contributed by atoms with Crippen molar-refractivity contribution in [3.05, 3.63) is 29.8 Å². The molecule has 28 heavy (non-hydrogen) atoms. The first kappa shape index (κ1) is 20.5. The third kappa shape index (κ3) is 5.38. The van der Waals surface area contributed by atoms with E-state index in [-0.39, 0.29) is 30.8 Å². The number of rotatable bonds is 7. The molecule has 7 heteroatoms. The highest BCUT2D eigenvalue weighted by molar-refractivity contribution is 5.74. The number of carbonyl (C=O) groups excluding carboxylic acids is 1. The van der Waals surface area contributed by atoms with Crippen molar-refractivity contribution in [2.75, 3.05) is 26.2 Å². The lowest BCUT2D eigenvalue weighted by molar-refractivity contribution is -0.139. The maximum atomic E-state index is 12.5. The van der Waals surface area contributed by atoms with Crippen LogP contribution in [0.25, 0.3) is 0 Å². The molecule has 0 aromatic heterocycles. The number of carboxylic acids is 1. The van der Waals surface area contributed by atoms with Gasteiger partial charge in [0.1, 0.15) is 11.9 Å². The van der Waals surface area contributed by atoms with Crippen LogP contribution < -0.4 is 10.1 Å². The van der Waals surface area contributed by atoms with E-state index in [0.29, 0.717) is 19.6 Å². The number of hydrogen-bond acceptors (Lipinski definition) is 4. The molecule has 2 fully saturated rings. The van der Waals surface area contributed by atoms with Gasteiger partial charge in [-0.3, -0.25) is 9.69 Å². The molecule has 0 unspecified atom stereocenters. The fourth-order valence-electron chi connectivity index (χ4n) is 3.93. The summed E-state index contributed by atoms with van der Waals surface area (Å²) in [7, 11) is 0. The van der Waals surface area contributed by atoms with E-state index in [0.717, 1.165) is 31.4 Å². The number of nitrogens with zero attached hydrogens (tertiary/aromatic N) is 2. The Labute approximate surface area is 166 Å². The van der Waals surface area contributed by atoms with Crippen LogP contribution in [-0.2, 0) is 4.79 Å². The van der Waals surface area contributed by atoms with Crippen molar-refractivity contribution in [1.29, 1.82) is 0 Å². The molecule has 3 rings (SSSR count). The van der Waals surface area contributed by atoms with Gasteiger partial charge in [-0.1, -0.05) is 24.6 Å². The van der Waals surface area contributed by atoms with Gasteiger partial charge in [-0.05, 0) is 38.4 Å². The van der Waals surface area contributed by atoms with Crippen molar-refractivity contribution in [2.45, 2.75) is 57.7 Å². The van der Waals surface area contributed by atoms with E-state index in [1.807, 2.05) is 41.0 Å². The first-order chi connectivity index (χ1) is 13.4. The minimum atomic E-state index is -0.801. The molecule has 2 aliphatic rings. The van der Waals surface area contributed by atoms with Crippen LogP contribution in [0.4, 0.5) is 4.79 Å². The minimum Gasteiger partial charge on any atom is -0.490 e. The van der Waals surface area contributed by atoms with Crippen molar-refractivity contribution in [1.82, 2.24) is 15.1 Å². The van der Waals surface area contributed by atoms with E-state index in [1.54, 1.807) is 0 Å². The van der Waals surface area contributed by atoms with Gasteiger partial charge in [0.05, 0.1) is 6.54 Å². The van der Waals surface area contributed by atoms with Crippen LogP contribution in [0.1, 0.15) is 38.2 Å². The molecule has 1 saturated heterocycles. The number of ether oxygens (including phenoxy) is 1. The SMILES string of the molecule is CCN(CC(=O)O)C1CC(NC(=O)N2CCC(Oc3ccc(C)cc3)CC2)C1. The molecule has 2 N–H and O–H groups in total. The van der Waals surface area contributed by atoms with E-state index in [9.17, 15) is 9.59 Å². The number of piperidine rings is 1. The molecule has 0 atom stereocenters. The summed E-state index contributed by atoms with van der Waals surface area (Å²) >= 11 is 0. The summed E-state index contributed by atoms with van der Waals surface area (Å²) in [4.78, 5) is 27.2. The van der Waals surface area contributed by atoms with Crippen LogP contribution >= 0.6 is 0 Å². The lowest BCUT2D eigenvalue weighted by Gasteiger charge is -2.43. The molecule has 0 radical (unpaired) electrons. The number of carboxylic acid groups (broad SMARTS) is 1. The third-order valence-electron chi connectivity index (χ3n) is 5.75. The second-order valence-electron chi connectivity index (χ2n) is 7.85. The number of urea groups is 1. The van der Waals surface area contributed by atoms with Crippen molar-refractivity contribution in [3.8, 4) is 5.75 Å². The molecule has 1 saturated carbocycles. The van der Waals surface area contributed by atoms with Crippen LogP contribution in [0.2, 0.25) is 0 Å². The maximum absolute atomic E-state index is 12.5. The number of amides is 2. The fraction of sp³-hybridized carbons (Fsp3) is 0.619. The second kappa shape index (κ2) is 9.28. The number of nitrogens with one attached hydrogen (secondary N) is 1. The Hall–Kier alpha value is -2.28. The highest BCUT2D eigenvalue weighted by atomic mass is 16.5. The van der Waals surface area contributed by atoms with E-state index >= 15 is 0 Å². The second-order valence-corrected chi connectivity index (χ2v) is 7.85. The average Bonchev–Trinajstić information content (AvgIpc) is 2.65. The maximum Gasteiger partial charge on any atom is 0.317 e. The molecule has 1 aliphatic carbocycles. The zero-order valence-electron chi connectivity index (χ0n) is 16.8. The van der Waals surface area contributed by atoms with Gasteiger partial charge in [0.2, 0.25) is 0 Å². The predicted octanol–water partition coefficient (Wildman–Crippen LogP) is 2.49. The van der Waals surface area contributed by atoms with Gasteiger partial charge in [0, 0.05) is 38.0 Å². The van der Waals surface area contributed by atoms with E-state index < -0.39 is 5.97 Å². The van der Waals surface area contributed by atoms with Gasteiger partial charge in [-0.15, -0.1) is 0 Å². The summed E-state index contributed by atoms with van der Waals surface area (Å²) in [6.45, 7) is 6.19. The average molecular weight is 389 g/mol. The van der Waals surface area contributed by atoms with Gasteiger partial charge in [-0.2, -0.15) is 0 Å². The van der Waals surface area contributed by atoms with Gasteiger partial charge in [-0.25, -0.2) is 4.79 Å². The molecule has 1 aromatic carbocycles. The number of hydrogen-bond donors (Lipinski definition) is 2. The molecule has 0 spiro atoms. The lowest BCUT2D eigenvalue weighted by atomic mass is 9.85. The fourth-order valence-corrected chi connectivity index (χ4v) is 3.93. The van der Waals surface area contributed by atoms with Gasteiger partial charge in [0.25, 0.3) is 0 Å². The normalized spacial score (nSPS) is 22.6. The van der Waals surface area contributed by atoms with Crippen LogP contribution in [0.15, 0.2) is 24.3 Å². The minimum absolute atomic E-state index is 0.0153. The molecular formula is C21H31N3O4. The highest BCUT2D eigenvalue weighted by Crippen LogP contribution is 2.26. The Bertz CT molecular complexity index is 665. The molecule has 7 nitrogen and oxygen atoms in total. The summed E-state index contributed by atoms with van der Waals surface area (Å²) in [5.74, 6) is 0.0842. The number of aliphatic carboxylic acids is 1. The van der Waals surface area contributed by atoms with E-state index in [1.165, 1.54) is 5.56 Å². The third-order valence-corrected chi connectivity index (χ3v) is 5.75. The zero-order chi connectivity index (χ0) is 20.1. The topological polar surface area (TPSA) is 82.1 Å². The van der Waals surface area contributed by atoms with Crippen LogP contribution in [0, 0.1) is 6.92 Å². The Morgan fingerprint density at radius 3 is 2.43 bits per heavy atom. The van der Waals surface area contributed by atoms with Gasteiger partial charge < -0.3 is 20.1 Å². The Morgan fingerprint density at radius 2 is 1.86 bits per heavy atom. The Morgan fingerprint density at radius 1 is 1.21 bits per heavy atom.